The number of aliphatic hydroxyl groups is 2. The summed E-state index contributed by atoms with van der Waals surface area (Å²) in [5.74, 6) is -0.517. The van der Waals surface area contributed by atoms with Crippen LogP contribution in [0.4, 0.5) is 0 Å². The molecule has 1 amide bonds. The van der Waals surface area contributed by atoms with Crippen LogP contribution < -0.4 is 5.32 Å². The van der Waals surface area contributed by atoms with Crippen molar-refractivity contribution in [2.45, 2.75) is 302 Å². The van der Waals surface area contributed by atoms with Gasteiger partial charge in [-0.25, -0.2) is 0 Å². The highest BCUT2D eigenvalue weighted by Crippen LogP contribution is 2.18. The van der Waals surface area contributed by atoms with Gasteiger partial charge in [-0.1, -0.05) is 262 Å². The molecule has 3 N–H and O–H groups in total. The van der Waals surface area contributed by atoms with E-state index in [2.05, 4.69) is 74.7 Å². The van der Waals surface area contributed by atoms with Crippen molar-refractivity contribution >= 4 is 11.9 Å². The first-order chi connectivity index (χ1) is 31.5. The average molecular weight is 898 g/mol. The molecule has 0 aliphatic heterocycles. The van der Waals surface area contributed by atoms with E-state index in [0.717, 1.165) is 77.0 Å². The molecule has 0 aliphatic rings. The number of unbranched alkanes of at least 4 members (excludes halogenated alkanes) is 30. The molecule has 0 saturated heterocycles. The molecule has 0 radical (unpaired) electrons. The van der Waals surface area contributed by atoms with Gasteiger partial charge in [0.05, 0.1) is 25.2 Å². The van der Waals surface area contributed by atoms with Crippen LogP contribution in [-0.4, -0.2) is 46.9 Å². The topological polar surface area (TPSA) is 95.9 Å². The number of aliphatic hydroxyl groups excluding tert-OH is 2. The molecule has 0 aromatic carbocycles. The van der Waals surface area contributed by atoms with Gasteiger partial charge in [0, 0.05) is 6.42 Å². The fourth-order valence-corrected chi connectivity index (χ4v) is 8.49. The molecule has 0 heterocycles. The maximum absolute atomic E-state index is 13.2. The van der Waals surface area contributed by atoms with Crippen LogP contribution >= 0.6 is 0 Å². The molecular weight excluding hydrogens is 791 g/mol. The van der Waals surface area contributed by atoms with Gasteiger partial charge in [-0.2, -0.15) is 0 Å². The summed E-state index contributed by atoms with van der Waals surface area (Å²) in [5, 5.41) is 23.8. The second-order valence-corrected chi connectivity index (χ2v) is 19.0. The molecule has 3 atom stereocenters. The number of carbonyl (C=O) groups excluding carboxylic acids is 2. The Hall–Kier alpha value is -2.18. The zero-order valence-electron chi connectivity index (χ0n) is 42.7. The highest BCUT2D eigenvalue weighted by Gasteiger charge is 2.24. The number of ether oxygens (including phenoxy) is 1. The summed E-state index contributed by atoms with van der Waals surface area (Å²) in [6, 6.07) is -0.718. The molecule has 3 unspecified atom stereocenters. The van der Waals surface area contributed by atoms with E-state index in [4.69, 9.17) is 4.74 Å². The quantitative estimate of drug-likeness (QED) is 0.0321. The Labute approximate surface area is 397 Å². The van der Waals surface area contributed by atoms with E-state index >= 15 is 0 Å². The molecule has 6 heteroatoms. The number of nitrogens with one attached hydrogen (secondary N) is 1. The molecule has 0 saturated carbocycles. The van der Waals surface area contributed by atoms with Crippen LogP contribution in [0.2, 0.25) is 0 Å². The minimum Gasteiger partial charge on any atom is -0.462 e. The predicted molar refractivity (Wildman–Crippen MR) is 278 cm³/mol. The third-order valence-corrected chi connectivity index (χ3v) is 12.7. The van der Waals surface area contributed by atoms with Crippen molar-refractivity contribution in [3.05, 3.63) is 48.6 Å². The Balaban J connectivity index is 4.57. The Bertz CT molecular complexity index is 1100. The summed E-state index contributed by atoms with van der Waals surface area (Å²) in [7, 11) is 0. The van der Waals surface area contributed by atoms with Crippen molar-refractivity contribution in [1.29, 1.82) is 0 Å². The van der Waals surface area contributed by atoms with Gasteiger partial charge >= 0.3 is 5.97 Å². The zero-order chi connectivity index (χ0) is 46.7. The number of allylic oxidation sites excluding steroid dienone is 8. The first-order valence-electron chi connectivity index (χ1n) is 27.9. The van der Waals surface area contributed by atoms with Crippen molar-refractivity contribution in [2.24, 2.45) is 0 Å². The maximum Gasteiger partial charge on any atom is 0.306 e. The number of amides is 1. The molecule has 0 spiro atoms. The second kappa shape index (κ2) is 51.8. The van der Waals surface area contributed by atoms with Crippen LogP contribution in [0.15, 0.2) is 48.6 Å². The zero-order valence-corrected chi connectivity index (χ0v) is 42.7. The van der Waals surface area contributed by atoms with Crippen molar-refractivity contribution in [3.8, 4) is 0 Å². The molecule has 0 aromatic rings. The second-order valence-electron chi connectivity index (χ2n) is 19.0. The summed E-state index contributed by atoms with van der Waals surface area (Å²) >= 11 is 0. The molecule has 374 valence electrons. The molecule has 64 heavy (non-hydrogen) atoms. The van der Waals surface area contributed by atoms with Gasteiger partial charge in [0.1, 0.15) is 6.10 Å². The summed E-state index contributed by atoms with van der Waals surface area (Å²) in [5.41, 5.74) is 0. The Morgan fingerprint density at radius 1 is 0.469 bits per heavy atom. The van der Waals surface area contributed by atoms with E-state index in [-0.39, 0.29) is 24.9 Å². The van der Waals surface area contributed by atoms with Crippen LogP contribution in [0, 0.1) is 0 Å². The number of rotatable bonds is 50. The lowest BCUT2D eigenvalue weighted by Gasteiger charge is -2.24. The first-order valence-corrected chi connectivity index (χ1v) is 27.9. The Kier molecular flexibility index (Phi) is 50.0. The largest absolute Gasteiger partial charge is 0.462 e. The van der Waals surface area contributed by atoms with Crippen molar-refractivity contribution in [1.82, 2.24) is 5.32 Å². The summed E-state index contributed by atoms with van der Waals surface area (Å²) in [6.45, 7) is 6.38. The molecule has 0 aromatic heterocycles. The van der Waals surface area contributed by atoms with Crippen molar-refractivity contribution in [2.75, 3.05) is 6.61 Å². The lowest BCUT2D eigenvalue weighted by Crippen LogP contribution is -2.46. The number of hydrogen-bond donors (Lipinski definition) is 3. The summed E-state index contributed by atoms with van der Waals surface area (Å²) in [4.78, 5) is 26.2. The molecule has 0 aliphatic carbocycles. The van der Waals surface area contributed by atoms with Gasteiger partial charge in [0.15, 0.2) is 0 Å². The highest BCUT2D eigenvalue weighted by atomic mass is 16.5. The SMILES string of the molecule is CC/C=C/C/C=C/C/C=C/C/C=C/CCCC(CC(=O)NC(CO)C(O)CCCCCCCCCCCCCCCCCCC)OC(=O)CCCCCCCCCCCCCCCC. The Morgan fingerprint density at radius 3 is 1.25 bits per heavy atom. The van der Waals surface area contributed by atoms with E-state index in [1.807, 2.05) is 0 Å². The fraction of sp³-hybridized carbons (Fsp3) is 0.828. The normalized spacial score (nSPS) is 13.5. The van der Waals surface area contributed by atoms with Crippen LogP contribution in [0.5, 0.6) is 0 Å². The molecule has 0 rings (SSSR count). The van der Waals surface area contributed by atoms with Gasteiger partial charge in [0.2, 0.25) is 5.91 Å². The minimum atomic E-state index is -0.801. The number of esters is 1. The van der Waals surface area contributed by atoms with E-state index in [0.29, 0.717) is 19.3 Å². The molecular formula is C58H107NO5. The van der Waals surface area contributed by atoms with Gasteiger partial charge < -0.3 is 20.3 Å². The van der Waals surface area contributed by atoms with Crippen molar-refractivity contribution < 1.29 is 24.5 Å². The highest BCUT2D eigenvalue weighted by molar-refractivity contribution is 5.77. The number of hydrogen-bond acceptors (Lipinski definition) is 5. The van der Waals surface area contributed by atoms with Gasteiger partial charge in [-0.3, -0.25) is 9.59 Å². The lowest BCUT2D eigenvalue weighted by molar-refractivity contribution is -0.151. The maximum atomic E-state index is 13.2. The van der Waals surface area contributed by atoms with Crippen LogP contribution in [-0.2, 0) is 14.3 Å². The molecule has 0 fully saturated rings. The minimum absolute atomic E-state index is 0.0427. The Morgan fingerprint density at radius 2 is 0.844 bits per heavy atom. The standard InChI is InChI=1S/C58H107NO5/c1-4-7-10-13-16-19-22-25-28-29-30-32-35-38-41-44-47-50-56(61)55(53-60)59-57(62)52-54(49-46-43-40-37-34-31-26-23-20-17-14-11-8-5-2)64-58(63)51-48-45-42-39-36-33-27-24-21-18-15-12-9-6-3/h8,11,17,20,26,31,37,40,54-56,60-61H,4-7,9-10,12-16,18-19,21-25,27-30,32-36,38-39,41-53H2,1-3H3,(H,59,62)/b11-8+,20-17+,31-26+,40-37+. The monoisotopic (exact) mass is 898 g/mol. The smallest absolute Gasteiger partial charge is 0.306 e. The third-order valence-electron chi connectivity index (χ3n) is 12.7. The molecule has 6 nitrogen and oxygen atoms in total. The van der Waals surface area contributed by atoms with Gasteiger partial charge in [0.25, 0.3) is 0 Å². The average Bonchev–Trinajstić information content (AvgIpc) is 3.29. The molecule has 0 bridgehead atoms. The van der Waals surface area contributed by atoms with E-state index in [1.165, 1.54) is 161 Å². The summed E-state index contributed by atoms with van der Waals surface area (Å²) in [6.07, 6.45) is 63.2. The van der Waals surface area contributed by atoms with E-state index in [9.17, 15) is 19.8 Å². The van der Waals surface area contributed by atoms with Crippen LogP contribution in [0.3, 0.4) is 0 Å². The first kappa shape index (κ1) is 61.8. The fourth-order valence-electron chi connectivity index (χ4n) is 8.49. The van der Waals surface area contributed by atoms with E-state index < -0.39 is 18.2 Å². The predicted octanol–water partition coefficient (Wildman–Crippen LogP) is 17.0. The van der Waals surface area contributed by atoms with Crippen LogP contribution in [0.1, 0.15) is 284 Å². The van der Waals surface area contributed by atoms with Crippen molar-refractivity contribution in [3.63, 3.8) is 0 Å². The van der Waals surface area contributed by atoms with Gasteiger partial charge in [-0.15, -0.1) is 0 Å². The number of carbonyl (C=O) groups is 2. The summed E-state index contributed by atoms with van der Waals surface area (Å²) < 4.78 is 5.92. The van der Waals surface area contributed by atoms with Gasteiger partial charge in [-0.05, 0) is 57.8 Å². The lowest BCUT2D eigenvalue weighted by atomic mass is 10.0. The van der Waals surface area contributed by atoms with E-state index in [1.54, 1.807) is 0 Å². The third kappa shape index (κ3) is 46.4. The van der Waals surface area contributed by atoms with Crippen LogP contribution in [0.25, 0.3) is 0 Å².